The summed E-state index contributed by atoms with van der Waals surface area (Å²) in [5.74, 6) is 2.68. The zero-order chi connectivity index (χ0) is 14.2. The fourth-order valence-corrected chi connectivity index (χ4v) is 1.99. The zero-order valence-electron chi connectivity index (χ0n) is 12.1. The van der Waals surface area contributed by atoms with Gasteiger partial charge in [0.2, 0.25) is 5.67 Å². The van der Waals surface area contributed by atoms with Crippen molar-refractivity contribution in [1.29, 1.82) is 0 Å². The molecule has 102 valence electrons. The van der Waals surface area contributed by atoms with Gasteiger partial charge in [0.25, 0.3) is 0 Å². The second-order valence-corrected chi connectivity index (χ2v) is 11.6. The van der Waals surface area contributed by atoms with Crippen LogP contribution in [0.15, 0.2) is 0 Å². The second-order valence-electron chi connectivity index (χ2n) is 6.80. The van der Waals surface area contributed by atoms with Gasteiger partial charge in [-0.15, -0.1) is 5.54 Å². The standard InChI is InChI=1S/C13H22FNO2Si/c1-12(2,3)17-11(16)15-9-13(14,10-15)7-8-18(4,5)6/h9-10H2,1-6H3. The molecule has 1 aliphatic rings. The summed E-state index contributed by atoms with van der Waals surface area (Å²) in [6.45, 7) is 11.6. The number of carbonyl (C=O) groups excluding carboxylic acids is 1. The van der Waals surface area contributed by atoms with Gasteiger partial charge in [-0.1, -0.05) is 25.6 Å². The second kappa shape index (κ2) is 4.58. The highest BCUT2D eigenvalue weighted by molar-refractivity contribution is 6.83. The first-order chi connectivity index (χ1) is 7.90. The van der Waals surface area contributed by atoms with Crippen molar-refractivity contribution in [2.24, 2.45) is 0 Å². The lowest BCUT2D eigenvalue weighted by Gasteiger charge is -2.41. The lowest BCUT2D eigenvalue weighted by atomic mass is 9.98. The van der Waals surface area contributed by atoms with Gasteiger partial charge in [-0.25, -0.2) is 9.18 Å². The van der Waals surface area contributed by atoms with E-state index in [1.807, 2.05) is 0 Å². The predicted molar refractivity (Wildman–Crippen MR) is 72.8 cm³/mol. The normalized spacial score (nSPS) is 18.5. The van der Waals surface area contributed by atoms with E-state index in [-0.39, 0.29) is 13.1 Å². The molecule has 5 heteroatoms. The van der Waals surface area contributed by atoms with Gasteiger partial charge >= 0.3 is 6.09 Å². The molecule has 0 bridgehead atoms. The molecule has 0 spiro atoms. The van der Waals surface area contributed by atoms with Crippen molar-refractivity contribution >= 4 is 14.2 Å². The van der Waals surface area contributed by atoms with Gasteiger partial charge in [0, 0.05) is 0 Å². The molecule has 0 unspecified atom stereocenters. The highest BCUT2D eigenvalue weighted by Crippen LogP contribution is 2.26. The molecule has 0 radical (unpaired) electrons. The summed E-state index contributed by atoms with van der Waals surface area (Å²) >= 11 is 0. The lowest BCUT2D eigenvalue weighted by Crippen LogP contribution is -2.61. The Bertz CT molecular complexity index is 392. The number of nitrogens with zero attached hydrogens (tertiary/aromatic N) is 1. The summed E-state index contributed by atoms with van der Waals surface area (Å²) < 4.78 is 19.2. The Labute approximate surface area is 110 Å². The van der Waals surface area contributed by atoms with Gasteiger partial charge < -0.3 is 4.74 Å². The molecule has 0 saturated carbocycles. The fraction of sp³-hybridized carbons (Fsp3) is 0.769. The molecule has 3 nitrogen and oxygen atoms in total. The number of ether oxygens (including phenoxy) is 1. The average Bonchev–Trinajstić information content (AvgIpc) is 2.06. The minimum atomic E-state index is -1.57. The van der Waals surface area contributed by atoms with Crippen molar-refractivity contribution in [3.63, 3.8) is 0 Å². The molecule has 1 saturated heterocycles. The number of alkyl halides is 1. The van der Waals surface area contributed by atoms with Crippen LogP contribution in [-0.4, -0.2) is 43.4 Å². The summed E-state index contributed by atoms with van der Waals surface area (Å²) in [7, 11) is -1.57. The number of carbonyl (C=O) groups is 1. The molecule has 18 heavy (non-hydrogen) atoms. The van der Waals surface area contributed by atoms with Crippen LogP contribution in [-0.2, 0) is 4.74 Å². The molecule has 0 aromatic carbocycles. The van der Waals surface area contributed by atoms with Crippen LogP contribution < -0.4 is 0 Å². The van der Waals surface area contributed by atoms with E-state index in [9.17, 15) is 9.18 Å². The third-order valence-electron chi connectivity index (χ3n) is 2.20. The Kier molecular flexibility index (Phi) is 3.82. The van der Waals surface area contributed by atoms with E-state index < -0.39 is 25.4 Å². The maximum absolute atomic E-state index is 14.1. The van der Waals surface area contributed by atoms with Crippen LogP contribution in [0, 0.1) is 11.5 Å². The molecule has 1 rings (SSSR count). The van der Waals surface area contributed by atoms with E-state index in [2.05, 4.69) is 31.1 Å². The molecule has 1 aliphatic heterocycles. The number of rotatable bonds is 0. The molecule has 1 fully saturated rings. The number of amides is 1. The van der Waals surface area contributed by atoms with Gasteiger partial charge in [-0.2, -0.15) is 0 Å². The Morgan fingerprint density at radius 2 is 1.83 bits per heavy atom. The van der Waals surface area contributed by atoms with Gasteiger partial charge in [0.1, 0.15) is 13.7 Å². The smallest absolute Gasteiger partial charge is 0.410 e. The van der Waals surface area contributed by atoms with E-state index in [0.29, 0.717) is 0 Å². The fourth-order valence-electron chi connectivity index (χ4n) is 1.39. The molecule has 0 aromatic rings. The molecular weight excluding hydrogens is 249 g/mol. The van der Waals surface area contributed by atoms with Crippen molar-refractivity contribution in [2.75, 3.05) is 13.1 Å². The van der Waals surface area contributed by atoms with Crippen LogP contribution in [0.2, 0.25) is 19.6 Å². The van der Waals surface area contributed by atoms with E-state index in [1.165, 1.54) is 4.90 Å². The number of likely N-dealkylation sites (tertiary alicyclic amines) is 1. The van der Waals surface area contributed by atoms with Gasteiger partial charge in [0.05, 0.1) is 13.1 Å². The van der Waals surface area contributed by atoms with E-state index >= 15 is 0 Å². The van der Waals surface area contributed by atoms with Crippen LogP contribution in [0.5, 0.6) is 0 Å². The zero-order valence-corrected chi connectivity index (χ0v) is 13.1. The van der Waals surface area contributed by atoms with Crippen molar-refractivity contribution < 1.29 is 13.9 Å². The Morgan fingerprint density at radius 1 is 1.33 bits per heavy atom. The molecule has 0 aromatic heterocycles. The number of hydrogen-bond acceptors (Lipinski definition) is 2. The summed E-state index contributed by atoms with van der Waals surface area (Å²) in [6, 6.07) is 0. The predicted octanol–water partition coefficient (Wildman–Crippen LogP) is 2.83. The topological polar surface area (TPSA) is 29.5 Å². The van der Waals surface area contributed by atoms with Crippen LogP contribution in [0.3, 0.4) is 0 Å². The Hall–Kier alpha value is -1.02. The first-order valence-corrected chi connectivity index (χ1v) is 9.61. The van der Waals surface area contributed by atoms with Gasteiger partial charge in [-0.3, -0.25) is 4.90 Å². The Morgan fingerprint density at radius 3 is 2.22 bits per heavy atom. The molecular formula is C13H22FNO2Si. The quantitative estimate of drug-likeness (QED) is 0.501. The minimum absolute atomic E-state index is 0.0133. The highest BCUT2D eigenvalue weighted by Gasteiger charge is 2.46. The summed E-state index contributed by atoms with van der Waals surface area (Å²) in [5, 5.41) is 0. The monoisotopic (exact) mass is 271 g/mol. The van der Waals surface area contributed by atoms with Gasteiger partial charge in [0.15, 0.2) is 0 Å². The molecule has 0 aliphatic carbocycles. The SMILES string of the molecule is CC(C)(C)OC(=O)N1CC(F)(C#C[Si](C)(C)C)C1. The average molecular weight is 271 g/mol. The minimum Gasteiger partial charge on any atom is -0.444 e. The van der Waals surface area contributed by atoms with Crippen molar-refractivity contribution in [3.8, 4) is 11.5 Å². The highest BCUT2D eigenvalue weighted by atomic mass is 28.3. The summed E-state index contributed by atoms with van der Waals surface area (Å²) in [4.78, 5) is 13.0. The third-order valence-corrected chi connectivity index (χ3v) is 3.07. The third kappa shape index (κ3) is 4.69. The van der Waals surface area contributed by atoms with Crippen LogP contribution in [0.4, 0.5) is 9.18 Å². The number of hydrogen-bond donors (Lipinski definition) is 0. The van der Waals surface area contributed by atoms with Crippen molar-refractivity contribution in [3.05, 3.63) is 0 Å². The lowest BCUT2D eigenvalue weighted by molar-refractivity contribution is -0.0271. The largest absolute Gasteiger partial charge is 0.444 e. The van der Waals surface area contributed by atoms with E-state index in [1.54, 1.807) is 20.8 Å². The molecule has 1 heterocycles. The first kappa shape index (κ1) is 15.0. The van der Waals surface area contributed by atoms with E-state index in [0.717, 1.165) is 0 Å². The van der Waals surface area contributed by atoms with Crippen LogP contribution in [0.1, 0.15) is 20.8 Å². The maximum atomic E-state index is 14.1. The molecule has 0 N–H and O–H groups in total. The van der Waals surface area contributed by atoms with E-state index in [4.69, 9.17) is 4.74 Å². The van der Waals surface area contributed by atoms with Crippen LogP contribution in [0.25, 0.3) is 0 Å². The first-order valence-electron chi connectivity index (χ1n) is 6.11. The Balaban J connectivity index is 2.52. The summed E-state index contributed by atoms with van der Waals surface area (Å²) in [6.07, 6.45) is -0.467. The molecule has 1 amide bonds. The maximum Gasteiger partial charge on any atom is 0.410 e. The van der Waals surface area contributed by atoms with Crippen molar-refractivity contribution in [2.45, 2.75) is 51.7 Å². The van der Waals surface area contributed by atoms with Gasteiger partial charge in [-0.05, 0) is 20.8 Å². The van der Waals surface area contributed by atoms with Crippen molar-refractivity contribution in [1.82, 2.24) is 4.90 Å². The summed E-state index contributed by atoms with van der Waals surface area (Å²) in [5.41, 5.74) is 0.917. The molecule has 0 atom stereocenters. The van der Waals surface area contributed by atoms with Crippen LogP contribution >= 0.6 is 0 Å². The number of halogens is 1.